The quantitative estimate of drug-likeness (QED) is 0.865. The van der Waals surface area contributed by atoms with Gasteiger partial charge in [-0.3, -0.25) is 0 Å². The summed E-state index contributed by atoms with van der Waals surface area (Å²) in [5, 5.41) is 0.802. The minimum absolute atomic E-state index is 0.372. The van der Waals surface area contributed by atoms with Gasteiger partial charge in [0, 0.05) is 17.4 Å². The predicted octanol–water partition coefficient (Wildman–Crippen LogP) is 3.40. The Morgan fingerprint density at radius 2 is 2.13 bits per heavy atom. The van der Waals surface area contributed by atoms with E-state index in [1.165, 1.54) is 0 Å². The second-order valence-electron chi connectivity index (χ2n) is 2.98. The largest absolute Gasteiger partial charge is 0.439 e. The van der Waals surface area contributed by atoms with Crippen LogP contribution in [0.4, 0.5) is 0 Å². The standard InChI is InChI=1S/C9H7BrCl2N2O/c10-4-3-5-9(8(12)7(4)11)15-6(14-5)1-2-13/h3H,1-2,13H2. The molecule has 0 atom stereocenters. The second kappa shape index (κ2) is 4.29. The molecule has 2 rings (SSSR count). The van der Waals surface area contributed by atoms with Crippen molar-refractivity contribution < 1.29 is 4.42 Å². The summed E-state index contributed by atoms with van der Waals surface area (Å²) < 4.78 is 6.15. The fourth-order valence-corrected chi connectivity index (χ4v) is 2.16. The summed E-state index contributed by atoms with van der Waals surface area (Å²) in [7, 11) is 0. The molecule has 2 N–H and O–H groups in total. The molecular formula is C9H7BrCl2N2O. The van der Waals surface area contributed by atoms with E-state index in [2.05, 4.69) is 20.9 Å². The summed E-state index contributed by atoms with van der Waals surface area (Å²) in [6, 6.07) is 1.77. The fourth-order valence-electron chi connectivity index (χ4n) is 1.25. The van der Waals surface area contributed by atoms with Crippen LogP contribution < -0.4 is 5.73 Å². The molecule has 0 unspecified atom stereocenters. The third-order valence-corrected chi connectivity index (χ3v) is 3.62. The fraction of sp³-hybridized carbons (Fsp3) is 0.222. The Hall–Kier alpha value is -0.290. The highest BCUT2D eigenvalue weighted by Crippen LogP contribution is 2.37. The van der Waals surface area contributed by atoms with E-state index in [0.717, 1.165) is 0 Å². The van der Waals surface area contributed by atoms with Crippen molar-refractivity contribution >= 4 is 50.2 Å². The van der Waals surface area contributed by atoms with Gasteiger partial charge in [-0.25, -0.2) is 4.98 Å². The summed E-state index contributed by atoms with van der Waals surface area (Å²) in [6.45, 7) is 0.485. The van der Waals surface area contributed by atoms with Gasteiger partial charge in [-0.1, -0.05) is 23.2 Å². The Morgan fingerprint density at radius 3 is 2.80 bits per heavy atom. The minimum atomic E-state index is 0.372. The summed E-state index contributed by atoms with van der Waals surface area (Å²) in [6.07, 6.45) is 0.584. The molecule has 0 saturated carbocycles. The highest BCUT2D eigenvalue weighted by atomic mass is 79.9. The van der Waals surface area contributed by atoms with Gasteiger partial charge in [-0.2, -0.15) is 0 Å². The molecule has 0 amide bonds. The number of hydrogen-bond acceptors (Lipinski definition) is 3. The lowest BCUT2D eigenvalue weighted by molar-refractivity contribution is 0.531. The molecule has 80 valence electrons. The Bertz CT molecular complexity index is 512. The van der Waals surface area contributed by atoms with Crippen molar-refractivity contribution in [1.82, 2.24) is 4.98 Å². The van der Waals surface area contributed by atoms with Crippen LogP contribution in [-0.4, -0.2) is 11.5 Å². The van der Waals surface area contributed by atoms with Crippen LogP contribution in [0.3, 0.4) is 0 Å². The molecule has 0 bridgehead atoms. The number of aromatic nitrogens is 1. The first kappa shape index (κ1) is 11.2. The van der Waals surface area contributed by atoms with E-state index in [0.29, 0.717) is 44.5 Å². The van der Waals surface area contributed by atoms with E-state index in [4.69, 9.17) is 33.4 Å². The van der Waals surface area contributed by atoms with E-state index in [1.54, 1.807) is 6.07 Å². The van der Waals surface area contributed by atoms with Gasteiger partial charge < -0.3 is 10.2 Å². The molecule has 0 aliphatic rings. The Kier molecular flexibility index (Phi) is 3.21. The summed E-state index contributed by atoms with van der Waals surface area (Å²) in [4.78, 5) is 4.25. The van der Waals surface area contributed by atoms with Crippen LogP contribution >= 0.6 is 39.1 Å². The van der Waals surface area contributed by atoms with Gasteiger partial charge in [-0.05, 0) is 22.0 Å². The zero-order valence-corrected chi connectivity index (χ0v) is 10.7. The average molecular weight is 310 g/mol. The monoisotopic (exact) mass is 308 g/mol. The van der Waals surface area contributed by atoms with Crippen LogP contribution in [-0.2, 0) is 6.42 Å². The van der Waals surface area contributed by atoms with Crippen molar-refractivity contribution in [1.29, 1.82) is 0 Å². The summed E-state index contributed by atoms with van der Waals surface area (Å²) in [5.74, 6) is 0.573. The van der Waals surface area contributed by atoms with Gasteiger partial charge in [0.25, 0.3) is 0 Å². The molecule has 3 nitrogen and oxygen atoms in total. The SMILES string of the molecule is NCCc1nc2cc(Br)c(Cl)c(Cl)c2o1. The van der Waals surface area contributed by atoms with Crippen LogP contribution in [0.1, 0.15) is 5.89 Å². The molecule has 0 spiro atoms. The molecule has 1 aromatic carbocycles. The molecule has 0 radical (unpaired) electrons. The minimum Gasteiger partial charge on any atom is -0.439 e. The molecule has 6 heteroatoms. The summed E-state index contributed by atoms with van der Waals surface area (Å²) in [5.41, 5.74) is 6.60. The summed E-state index contributed by atoms with van der Waals surface area (Å²) >= 11 is 15.3. The van der Waals surface area contributed by atoms with Gasteiger partial charge in [0.15, 0.2) is 11.5 Å². The smallest absolute Gasteiger partial charge is 0.196 e. The van der Waals surface area contributed by atoms with E-state index in [-0.39, 0.29) is 0 Å². The van der Waals surface area contributed by atoms with Gasteiger partial charge in [0.05, 0.1) is 5.02 Å². The number of rotatable bonds is 2. The molecule has 2 aromatic rings. The Labute approximate surface area is 105 Å². The normalized spacial score (nSPS) is 11.2. The molecule has 1 heterocycles. The van der Waals surface area contributed by atoms with E-state index >= 15 is 0 Å². The molecule has 0 saturated heterocycles. The average Bonchev–Trinajstić information content (AvgIpc) is 2.58. The lowest BCUT2D eigenvalue weighted by atomic mass is 10.3. The number of nitrogens with two attached hydrogens (primary N) is 1. The highest BCUT2D eigenvalue weighted by molar-refractivity contribution is 9.10. The Morgan fingerprint density at radius 1 is 1.40 bits per heavy atom. The number of hydrogen-bond donors (Lipinski definition) is 1. The maximum absolute atomic E-state index is 6.02. The molecule has 0 aliphatic heterocycles. The maximum Gasteiger partial charge on any atom is 0.196 e. The molecule has 0 fully saturated rings. The first-order valence-electron chi connectivity index (χ1n) is 4.26. The number of fused-ring (bicyclic) bond motifs is 1. The number of oxazole rings is 1. The van der Waals surface area contributed by atoms with E-state index in [9.17, 15) is 0 Å². The first-order chi connectivity index (χ1) is 7.13. The van der Waals surface area contributed by atoms with Gasteiger partial charge >= 0.3 is 0 Å². The van der Waals surface area contributed by atoms with Crippen LogP contribution in [0.5, 0.6) is 0 Å². The predicted molar refractivity (Wildman–Crippen MR) is 64.5 cm³/mol. The zero-order chi connectivity index (χ0) is 11.0. The topological polar surface area (TPSA) is 52.0 Å². The van der Waals surface area contributed by atoms with Crippen molar-refractivity contribution in [3.63, 3.8) is 0 Å². The van der Waals surface area contributed by atoms with Crippen molar-refractivity contribution in [3.8, 4) is 0 Å². The van der Waals surface area contributed by atoms with E-state index in [1.807, 2.05) is 0 Å². The Balaban J connectivity index is 2.65. The van der Waals surface area contributed by atoms with Gasteiger partial charge in [-0.15, -0.1) is 0 Å². The van der Waals surface area contributed by atoms with Crippen molar-refractivity contribution in [2.45, 2.75) is 6.42 Å². The maximum atomic E-state index is 6.02. The van der Waals surface area contributed by atoms with Crippen molar-refractivity contribution in [2.75, 3.05) is 6.54 Å². The van der Waals surface area contributed by atoms with E-state index < -0.39 is 0 Å². The molecule has 15 heavy (non-hydrogen) atoms. The van der Waals surface area contributed by atoms with Crippen LogP contribution in [0.2, 0.25) is 10.0 Å². The van der Waals surface area contributed by atoms with Crippen molar-refractivity contribution in [3.05, 3.63) is 26.5 Å². The first-order valence-corrected chi connectivity index (χ1v) is 5.81. The molecular weight excluding hydrogens is 303 g/mol. The highest BCUT2D eigenvalue weighted by Gasteiger charge is 2.14. The second-order valence-corrected chi connectivity index (χ2v) is 4.59. The lowest BCUT2D eigenvalue weighted by Gasteiger charge is -1.97. The van der Waals surface area contributed by atoms with Gasteiger partial charge in [0.1, 0.15) is 10.5 Å². The van der Waals surface area contributed by atoms with Crippen molar-refractivity contribution in [2.24, 2.45) is 5.73 Å². The van der Waals surface area contributed by atoms with Crippen LogP contribution in [0.15, 0.2) is 15.0 Å². The zero-order valence-electron chi connectivity index (χ0n) is 7.56. The number of halogens is 3. The number of nitrogens with zero attached hydrogens (tertiary/aromatic N) is 1. The van der Waals surface area contributed by atoms with Crippen LogP contribution in [0.25, 0.3) is 11.1 Å². The molecule has 1 aromatic heterocycles. The third kappa shape index (κ3) is 1.99. The lowest BCUT2D eigenvalue weighted by Crippen LogP contribution is -2.02. The van der Waals surface area contributed by atoms with Gasteiger partial charge in [0.2, 0.25) is 0 Å². The third-order valence-electron chi connectivity index (χ3n) is 1.92. The van der Waals surface area contributed by atoms with Crippen LogP contribution in [0, 0.1) is 0 Å². The number of benzene rings is 1. The molecule has 0 aliphatic carbocycles.